The Labute approximate surface area is 895 Å². The topological polar surface area (TPSA) is 225 Å². The van der Waals surface area contributed by atoms with E-state index in [0.717, 1.165) is 130 Å². The van der Waals surface area contributed by atoms with Crippen molar-refractivity contribution in [2.75, 3.05) is 48.8 Å². The number of halogens is 1. The van der Waals surface area contributed by atoms with Crippen LogP contribution in [-0.4, -0.2) is 118 Å². The van der Waals surface area contributed by atoms with Crippen molar-refractivity contribution in [1.29, 1.82) is 0 Å². The van der Waals surface area contributed by atoms with Crippen LogP contribution < -0.4 is 37.8 Å². The Morgan fingerprint density at radius 3 is 1.36 bits per heavy atom. The van der Waals surface area contributed by atoms with E-state index in [1.165, 1.54) is 67.6 Å². The molecule has 9 heterocycles. The van der Waals surface area contributed by atoms with Crippen LogP contribution in [0.15, 0.2) is 473 Å². The molecule has 7 aromatic carbocycles. The fourth-order valence-electron chi connectivity index (χ4n) is 12.5. The summed E-state index contributed by atoms with van der Waals surface area (Å²) in [5.74, 6) is 4.65. The van der Waals surface area contributed by atoms with Gasteiger partial charge in [-0.1, -0.05) is 140 Å². The third kappa shape index (κ3) is 39.3. The molecule has 0 radical (unpaired) electrons. The van der Waals surface area contributed by atoms with Crippen molar-refractivity contribution in [2.24, 2.45) is 0 Å². The number of nitrogens with one attached hydrogen (secondary N) is 3. The summed E-state index contributed by atoms with van der Waals surface area (Å²) in [4.78, 5) is 71.5. The van der Waals surface area contributed by atoms with E-state index in [9.17, 15) is 19.2 Å². The standard InChI is InChI=1S/C22H31N9O.C15H12BrNOS.C15H13NOSe.C14H11NOSe.C13H11N3OS.C11H4.3C8H4.C6H4.C4H4/c1-14(2)17-10-16(32-29-17)13-23-22-25-19(24-20-11-18(27-28-20)15-4-5-15)12-21(26-22)31-8-6-30(3)7-9-31;1-9-3-4-10(2)13(7-9)17-15(18)12-6-5-11(16)8-14(12)19-17;1-10-7-8-11(2)13(9-10)16-15(17)12-5-3-4-6-14(12)18-16;1-10-5-4-6-11(9-10)15-14(16)12-7-2-3-8-13(12)17-15;1-8-3-4-9(2)10(5-8)16-13(17)12-11(18-16)6-14-7-15-12;1-3-5-7-9-11-10-8-6-4-2;3*1-3-5-7-8-6-4-2;1-3-5-6-4-2;1-3-4-2/h10-12,14-15H,4-9,13H2,1-3H3,(H3,23,24,25,26,27,28);3-8H,1-2H3;3-9H,1-2H3;2-9H,1H3;3-7H,1-2H3;1-2H2;3*1-2H2;1-2H2;1-2H2. The Balaban J connectivity index is 0.000000232. The number of likely N-dealkylation sites (N-methyl/N-ethyl adjacent to an activating group) is 1. The number of benzene rings is 7. The van der Waals surface area contributed by atoms with Crippen LogP contribution in [0.3, 0.4) is 0 Å². The van der Waals surface area contributed by atoms with Gasteiger partial charge in [-0.2, -0.15) is 15.1 Å². The number of rotatable bonds is 12. The SMILES string of the molecule is C=C=C=C.C=C=C=C=C=C.C=C=C=C=C=C=C=C.C=C=C=C=C=C=C=C.C=C=C=C=C=C=C=C.C=C=C=C=C=C=C=C=C=C=C.CC(C)c1cc(CNc2nc(Nc3cc(C4CC4)[nH]n3)cc(N3CCN(C)CC3)n2)on1.Cc1ccc(C)c(-n2[se]c3ccccc3c2=O)c1.Cc1ccc(C)c(-n2sc3cc(Br)ccc3c2=O)c1.Cc1ccc(C)c(-n2sc3cncnc3c2=O)c1.Cc1cccc(-n2[se]c3ccccc3c2=O)c1. The van der Waals surface area contributed by atoms with E-state index in [0.29, 0.717) is 35.7 Å². The minimum absolute atomic E-state index is 0.0567. The molecule has 1 aliphatic heterocycles. The summed E-state index contributed by atoms with van der Waals surface area (Å²) in [5, 5.41) is 20.8. The van der Waals surface area contributed by atoms with E-state index >= 15 is 0 Å². The van der Waals surface area contributed by atoms with Crippen molar-refractivity contribution in [3.8, 4) is 22.7 Å². The van der Waals surface area contributed by atoms with Crippen molar-refractivity contribution in [3.63, 3.8) is 0 Å². The molecule has 149 heavy (non-hydrogen) atoms. The molecule has 0 amide bonds. The zero-order chi connectivity index (χ0) is 108. The summed E-state index contributed by atoms with van der Waals surface area (Å²) in [7, 11) is 2.15. The first-order valence-electron chi connectivity index (χ1n) is 45.2. The molecule has 2 aliphatic rings. The molecule has 17 rings (SSSR count). The van der Waals surface area contributed by atoms with Crippen molar-refractivity contribution in [1.82, 2.24) is 55.2 Å². The Bertz CT molecular complexity index is 8650. The van der Waals surface area contributed by atoms with Gasteiger partial charge < -0.3 is 25.0 Å². The number of aromatic nitrogens is 11. The molecule has 2 fully saturated rings. The van der Waals surface area contributed by atoms with Crippen LogP contribution in [0.1, 0.15) is 94.6 Å². The van der Waals surface area contributed by atoms with Gasteiger partial charge in [-0.05, 0) is 317 Å². The summed E-state index contributed by atoms with van der Waals surface area (Å²) in [6.45, 7) is 61.7. The fraction of sp³-hybridized carbons (Fsp3) is 0.153. The number of fused-ring (bicyclic) bond motifs is 4. The molecular formula is C124H102BrN15O5S2Se2. The molecule has 1 saturated heterocycles. The maximum absolute atomic E-state index is 12.5. The van der Waals surface area contributed by atoms with Crippen LogP contribution in [0, 0.1) is 48.5 Å². The molecular weight excluding hydrogens is 2080 g/mol. The summed E-state index contributed by atoms with van der Waals surface area (Å²) >= 11 is 6.44. The Hall–Kier alpha value is -18.5. The molecule has 0 unspecified atom stereocenters. The Morgan fingerprint density at radius 1 is 0.450 bits per heavy atom. The summed E-state index contributed by atoms with van der Waals surface area (Å²) in [6.07, 6.45) is 5.55. The number of H-pyrrole nitrogens is 1. The quantitative estimate of drug-likeness (QED) is 0.0764. The molecule has 25 heteroatoms. The number of piperazine rings is 1. The van der Waals surface area contributed by atoms with Crippen LogP contribution in [-0.2, 0) is 6.54 Å². The van der Waals surface area contributed by atoms with Gasteiger partial charge in [-0.15, -0.1) is 0 Å². The normalized spacial score (nSPS) is 10.1. The second-order valence-corrected chi connectivity index (χ2v) is 38.2. The third-order valence-electron chi connectivity index (χ3n) is 19.8. The van der Waals surface area contributed by atoms with Crippen LogP contribution in [0.2, 0.25) is 0 Å². The second kappa shape index (κ2) is 64.9. The first kappa shape index (κ1) is 117. The van der Waals surface area contributed by atoms with Gasteiger partial charge in [0.25, 0.3) is 11.1 Å². The summed E-state index contributed by atoms with van der Waals surface area (Å²) in [6, 6.07) is 54.2. The van der Waals surface area contributed by atoms with Crippen molar-refractivity contribution in [3.05, 3.63) is 546 Å². The van der Waals surface area contributed by atoms with Gasteiger partial charge in [0, 0.05) is 66.7 Å². The second-order valence-electron chi connectivity index (χ2n) is 31.1. The van der Waals surface area contributed by atoms with E-state index in [2.05, 4.69) is 424 Å². The first-order chi connectivity index (χ1) is 72.2. The molecule has 734 valence electrons. The number of hydrogen-bond acceptors (Lipinski definition) is 17. The fourth-order valence-corrected chi connectivity index (χ4v) is 19.4. The Morgan fingerprint density at radius 2 is 0.899 bits per heavy atom. The van der Waals surface area contributed by atoms with E-state index in [-0.39, 0.29) is 51.7 Å². The first-order valence-corrected chi connectivity index (χ1v) is 50.8. The van der Waals surface area contributed by atoms with Gasteiger partial charge in [0.15, 0.2) is 17.1 Å². The van der Waals surface area contributed by atoms with Crippen molar-refractivity contribution >= 4 is 131 Å². The third-order valence-corrected chi connectivity index (χ3v) is 27.0. The van der Waals surface area contributed by atoms with Crippen LogP contribution in [0.4, 0.5) is 23.4 Å². The average Bonchev–Trinajstić information content (AvgIpc) is 1.65. The number of aryl methyl sites for hydroxylation is 7. The van der Waals surface area contributed by atoms with E-state index in [4.69, 9.17) is 9.51 Å². The van der Waals surface area contributed by atoms with Gasteiger partial charge in [0.2, 0.25) is 5.95 Å². The number of anilines is 4. The van der Waals surface area contributed by atoms with Crippen molar-refractivity contribution < 1.29 is 4.52 Å². The van der Waals surface area contributed by atoms with E-state index in [1.54, 1.807) is 14.1 Å². The van der Waals surface area contributed by atoms with Gasteiger partial charge >= 0.3 is 216 Å². The summed E-state index contributed by atoms with van der Waals surface area (Å²) < 4.78 is 17.9. The number of hydrogen-bond donors (Lipinski definition) is 3. The zero-order valence-electron chi connectivity index (χ0n) is 84.3. The van der Waals surface area contributed by atoms with Gasteiger partial charge in [-0.25, -0.2) is 17.9 Å². The zero-order valence-corrected chi connectivity index (χ0v) is 90.9. The molecule has 0 atom stereocenters. The molecule has 15 aromatic rings. The van der Waals surface area contributed by atoms with Crippen LogP contribution in [0.5, 0.6) is 0 Å². The van der Waals surface area contributed by atoms with Gasteiger partial charge in [-0.3, -0.25) is 14.7 Å². The number of nitrogens with zero attached hydrogens (tertiary/aromatic N) is 12. The van der Waals surface area contributed by atoms with Crippen LogP contribution in [0.25, 0.3) is 62.3 Å². The monoisotopic (exact) mass is 2180 g/mol. The van der Waals surface area contributed by atoms with E-state index in [1.807, 2.05) is 151 Å². The van der Waals surface area contributed by atoms with E-state index < -0.39 is 0 Å². The molecule has 8 aromatic heterocycles. The minimum atomic E-state index is -0.0777. The Kier molecular flexibility index (Phi) is 51.2. The predicted molar refractivity (Wildman–Crippen MR) is 611 cm³/mol. The molecule has 0 spiro atoms. The molecule has 1 saturated carbocycles. The van der Waals surface area contributed by atoms with Crippen LogP contribution >= 0.6 is 39.0 Å². The molecule has 20 nitrogen and oxygen atoms in total. The number of aromatic amines is 1. The molecule has 3 N–H and O–H groups in total. The molecule has 0 bridgehead atoms. The predicted octanol–water partition coefficient (Wildman–Crippen LogP) is 25.1. The van der Waals surface area contributed by atoms with Gasteiger partial charge in [0.1, 0.15) is 18.0 Å². The van der Waals surface area contributed by atoms with Crippen molar-refractivity contribution in [2.45, 2.75) is 93.5 Å². The summed E-state index contributed by atoms with van der Waals surface area (Å²) in [5.41, 5.74) is 94.4. The molecule has 1 aliphatic carbocycles. The average molecular weight is 2180 g/mol. The van der Waals surface area contributed by atoms with Gasteiger partial charge in [0.05, 0.1) is 38.4 Å². The maximum atomic E-state index is 12.5.